The predicted molar refractivity (Wildman–Crippen MR) is 95.3 cm³/mol. The van der Waals surface area contributed by atoms with Crippen molar-refractivity contribution in [3.63, 3.8) is 0 Å². The SMILES string of the molecule is Cc1ccc(CC[C@@H](C)NC(=O)N2CCC[C@@H]2c2csc(C)n2)o1. The van der Waals surface area contributed by atoms with E-state index in [-0.39, 0.29) is 18.1 Å². The quantitative estimate of drug-likeness (QED) is 0.881. The number of furan rings is 1. The monoisotopic (exact) mass is 347 g/mol. The number of hydrogen-bond donors (Lipinski definition) is 1. The highest BCUT2D eigenvalue weighted by atomic mass is 32.1. The molecule has 6 heteroatoms. The molecule has 3 heterocycles. The molecule has 1 aliphatic heterocycles. The van der Waals surface area contributed by atoms with Crippen molar-refractivity contribution in [3.8, 4) is 0 Å². The zero-order chi connectivity index (χ0) is 17.1. The van der Waals surface area contributed by atoms with Crippen LogP contribution in [-0.2, 0) is 6.42 Å². The number of aromatic nitrogens is 1. The van der Waals surface area contributed by atoms with E-state index in [1.807, 2.05) is 37.8 Å². The van der Waals surface area contributed by atoms with Crippen LogP contribution in [0.15, 0.2) is 21.9 Å². The zero-order valence-corrected chi connectivity index (χ0v) is 15.4. The Bertz CT molecular complexity index is 694. The first-order valence-electron chi connectivity index (χ1n) is 8.57. The maximum atomic E-state index is 12.6. The van der Waals surface area contributed by atoms with E-state index in [2.05, 4.69) is 15.7 Å². The average Bonchev–Trinajstić information content (AvgIpc) is 3.25. The molecule has 1 saturated heterocycles. The first-order valence-corrected chi connectivity index (χ1v) is 9.45. The van der Waals surface area contributed by atoms with E-state index < -0.39 is 0 Å². The number of thiazole rings is 1. The van der Waals surface area contributed by atoms with Crippen LogP contribution in [0.3, 0.4) is 0 Å². The minimum Gasteiger partial charge on any atom is -0.466 e. The van der Waals surface area contributed by atoms with Crippen molar-refractivity contribution in [3.05, 3.63) is 39.7 Å². The second kappa shape index (κ2) is 7.38. The molecule has 0 aromatic carbocycles. The summed E-state index contributed by atoms with van der Waals surface area (Å²) in [4.78, 5) is 19.1. The van der Waals surface area contributed by atoms with E-state index in [4.69, 9.17) is 4.42 Å². The van der Waals surface area contributed by atoms with E-state index in [1.165, 1.54) is 0 Å². The molecule has 1 fully saturated rings. The van der Waals surface area contributed by atoms with Crippen LogP contribution in [0.5, 0.6) is 0 Å². The number of likely N-dealkylation sites (tertiary alicyclic amines) is 1. The summed E-state index contributed by atoms with van der Waals surface area (Å²) >= 11 is 1.65. The Morgan fingerprint density at radius 3 is 3.00 bits per heavy atom. The van der Waals surface area contributed by atoms with Crippen molar-refractivity contribution >= 4 is 17.4 Å². The Morgan fingerprint density at radius 2 is 2.33 bits per heavy atom. The van der Waals surface area contributed by atoms with Gasteiger partial charge in [-0.25, -0.2) is 9.78 Å². The molecule has 3 rings (SSSR count). The van der Waals surface area contributed by atoms with Gasteiger partial charge in [0.1, 0.15) is 11.5 Å². The van der Waals surface area contributed by atoms with Gasteiger partial charge in [-0.3, -0.25) is 0 Å². The molecule has 2 aromatic rings. The lowest BCUT2D eigenvalue weighted by Crippen LogP contribution is -2.43. The van der Waals surface area contributed by atoms with E-state index >= 15 is 0 Å². The fraction of sp³-hybridized carbons (Fsp3) is 0.556. The Labute approximate surface area is 147 Å². The summed E-state index contributed by atoms with van der Waals surface area (Å²) in [6.07, 6.45) is 3.74. The lowest BCUT2D eigenvalue weighted by molar-refractivity contribution is 0.188. The standard InChI is InChI=1S/C18H25N3O2S/c1-12(6-8-15-9-7-13(2)23-15)19-18(22)21-10-4-5-17(21)16-11-24-14(3)20-16/h7,9,11-12,17H,4-6,8,10H2,1-3H3,(H,19,22)/t12-,17-/m1/s1. The summed E-state index contributed by atoms with van der Waals surface area (Å²) in [6.45, 7) is 6.80. The lowest BCUT2D eigenvalue weighted by atomic mass is 10.1. The first-order chi connectivity index (χ1) is 11.5. The number of carbonyl (C=O) groups excluding carboxylic acids is 1. The van der Waals surface area contributed by atoms with Gasteiger partial charge in [0.15, 0.2) is 0 Å². The Hall–Kier alpha value is -1.82. The number of nitrogens with one attached hydrogen (secondary N) is 1. The molecule has 2 atom stereocenters. The van der Waals surface area contributed by atoms with Crippen LogP contribution < -0.4 is 5.32 Å². The normalized spacial score (nSPS) is 18.8. The summed E-state index contributed by atoms with van der Waals surface area (Å²) in [5, 5.41) is 6.26. The Kier molecular flexibility index (Phi) is 5.23. The van der Waals surface area contributed by atoms with Crippen molar-refractivity contribution in [2.24, 2.45) is 0 Å². The Balaban J connectivity index is 1.53. The molecule has 2 amide bonds. The van der Waals surface area contributed by atoms with Crippen molar-refractivity contribution < 1.29 is 9.21 Å². The number of amides is 2. The van der Waals surface area contributed by atoms with Crippen LogP contribution in [-0.4, -0.2) is 28.5 Å². The van der Waals surface area contributed by atoms with Crippen LogP contribution in [0, 0.1) is 13.8 Å². The fourth-order valence-electron chi connectivity index (χ4n) is 3.19. The smallest absolute Gasteiger partial charge is 0.318 e. The molecule has 0 saturated carbocycles. The predicted octanol–water partition coefficient (Wildman–Crippen LogP) is 4.22. The molecule has 2 aromatic heterocycles. The minimum atomic E-state index is 0.0197. The number of carbonyl (C=O) groups is 1. The molecule has 0 aliphatic carbocycles. The molecular formula is C18H25N3O2S. The summed E-state index contributed by atoms with van der Waals surface area (Å²) < 4.78 is 5.59. The lowest BCUT2D eigenvalue weighted by Gasteiger charge is -2.25. The maximum absolute atomic E-state index is 12.6. The summed E-state index contributed by atoms with van der Waals surface area (Å²) in [7, 11) is 0. The highest BCUT2D eigenvalue weighted by Crippen LogP contribution is 2.32. The Morgan fingerprint density at radius 1 is 1.50 bits per heavy atom. The minimum absolute atomic E-state index is 0.0197. The van der Waals surface area contributed by atoms with Gasteiger partial charge in [0.25, 0.3) is 0 Å². The van der Waals surface area contributed by atoms with Crippen LogP contribution in [0.1, 0.15) is 54.5 Å². The second-order valence-electron chi connectivity index (χ2n) is 6.54. The maximum Gasteiger partial charge on any atom is 0.318 e. The number of urea groups is 1. The van der Waals surface area contributed by atoms with Gasteiger partial charge in [-0.05, 0) is 52.2 Å². The largest absolute Gasteiger partial charge is 0.466 e. The van der Waals surface area contributed by atoms with Crippen LogP contribution in [0.25, 0.3) is 0 Å². The molecule has 0 radical (unpaired) electrons. The van der Waals surface area contributed by atoms with Crippen LogP contribution in [0.4, 0.5) is 4.79 Å². The van der Waals surface area contributed by atoms with Gasteiger partial charge in [-0.1, -0.05) is 0 Å². The van der Waals surface area contributed by atoms with Gasteiger partial charge >= 0.3 is 6.03 Å². The fourth-order valence-corrected chi connectivity index (χ4v) is 3.85. The summed E-state index contributed by atoms with van der Waals surface area (Å²) in [6, 6.07) is 4.23. The van der Waals surface area contributed by atoms with Gasteiger partial charge in [-0.15, -0.1) is 11.3 Å². The molecule has 1 aliphatic rings. The second-order valence-corrected chi connectivity index (χ2v) is 7.61. The topological polar surface area (TPSA) is 58.4 Å². The van der Waals surface area contributed by atoms with Gasteiger partial charge in [-0.2, -0.15) is 0 Å². The van der Waals surface area contributed by atoms with Gasteiger partial charge in [0.05, 0.1) is 16.7 Å². The molecule has 5 nitrogen and oxygen atoms in total. The van der Waals surface area contributed by atoms with E-state index in [9.17, 15) is 4.79 Å². The van der Waals surface area contributed by atoms with Crippen molar-refractivity contribution in [2.75, 3.05) is 6.54 Å². The summed E-state index contributed by atoms with van der Waals surface area (Å²) in [5.41, 5.74) is 1.03. The highest BCUT2D eigenvalue weighted by molar-refractivity contribution is 7.09. The van der Waals surface area contributed by atoms with Gasteiger partial charge < -0.3 is 14.6 Å². The van der Waals surface area contributed by atoms with Gasteiger partial charge in [0, 0.05) is 24.4 Å². The highest BCUT2D eigenvalue weighted by Gasteiger charge is 2.31. The third-order valence-electron chi connectivity index (χ3n) is 4.48. The van der Waals surface area contributed by atoms with E-state index in [1.54, 1.807) is 11.3 Å². The third kappa shape index (κ3) is 3.98. The first kappa shape index (κ1) is 17.0. The number of rotatable bonds is 5. The summed E-state index contributed by atoms with van der Waals surface area (Å²) in [5.74, 6) is 1.91. The van der Waals surface area contributed by atoms with Crippen LogP contribution >= 0.6 is 11.3 Å². The number of aryl methyl sites for hydroxylation is 3. The van der Waals surface area contributed by atoms with Crippen LogP contribution in [0.2, 0.25) is 0 Å². The van der Waals surface area contributed by atoms with E-state index in [0.29, 0.717) is 0 Å². The molecule has 0 spiro atoms. The van der Waals surface area contributed by atoms with E-state index in [0.717, 1.165) is 54.5 Å². The molecule has 24 heavy (non-hydrogen) atoms. The van der Waals surface area contributed by atoms with Crippen molar-refractivity contribution in [1.82, 2.24) is 15.2 Å². The number of hydrogen-bond acceptors (Lipinski definition) is 4. The molecular weight excluding hydrogens is 322 g/mol. The molecule has 0 bridgehead atoms. The molecule has 1 N–H and O–H groups in total. The number of nitrogens with zero attached hydrogens (tertiary/aromatic N) is 2. The van der Waals surface area contributed by atoms with Crippen molar-refractivity contribution in [1.29, 1.82) is 0 Å². The third-order valence-corrected chi connectivity index (χ3v) is 5.27. The molecule has 130 valence electrons. The van der Waals surface area contributed by atoms with Crippen molar-refractivity contribution in [2.45, 2.75) is 58.5 Å². The average molecular weight is 347 g/mol. The molecule has 0 unspecified atom stereocenters. The van der Waals surface area contributed by atoms with Gasteiger partial charge in [0.2, 0.25) is 0 Å². The zero-order valence-electron chi connectivity index (χ0n) is 14.5.